The highest BCUT2D eigenvalue weighted by Gasteiger charge is 2.24. The van der Waals surface area contributed by atoms with Gasteiger partial charge in [-0.3, -0.25) is 9.59 Å². The van der Waals surface area contributed by atoms with Crippen LogP contribution in [0.15, 0.2) is 72.9 Å². The van der Waals surface area contributed by atoms with Gasteiger partial charge in [-0.25, -0.2) is 9.97 Å². The first kappa shape index (κ1) is 22.5. The largest absolute Gasteiger partial charge is 0.369 e. The number of nitrogens with two attached hydrogens (primary N) is 1. The Kier molecular flexibility index (Phi) is 6.14. The molecule has 7 heteroatoms. The highest BCUT2D eigenvalue weighted by Crippen LogP contribution is 2.27. The third kappa shape index (κ3) is 4.84. The number of primary amides is 1. The summed E-state index contributed by atoms with van der Waals surface area (Å²) in [7, 11) is 0. The zero-order valence-corrected chi connectivity index (χ0v) is 19.6. The number of hydrogen-bond donors (Lipinski definition) is 2. The van der Waals surface area contributed by atoms with Crippen molar-refractivity contribution < 1.29 is 9.59 Å². The van der Waals surface area contributed by atoms with E-state index in [4.69, 9.17) is 10.7 Å². The standard InChI is InChI=1S/C28H27N5O2/c1-18-8-10-19(11-9-18)25-15-23(22-6-2-3-7-24(22)32-25)28(35)31-21-12-13-26(30-16-21)33-14-4-5-20(17-33)27(29)34/h2-3,6-13,15-16,20H,4-5,14,17H2,1H3,(H2,29,34)(H,31,35). The SMILES string of the molecule is Cc1ccc(-c2cc(C(=O)Nc3ccc(N4CCCC(C(N)=O)C4)nc3)c3ccccc3n2)cc1. The van der Waals surface area contributed by atoms with E-state index in [-0.39, 0.29) is 17.7 Å². The Balaban J connectivity index is 1.39. The van der Waals surface area contributed by atoms with Gasteiger partial charge >= 0.3 is 0 Å². The van der Waals surface area contributed by atoms with Gasteiger partial charge < -0.3 is 16.0 Å². The van der Waals surface area contributed by atoms with E-state index in [0.29, 0.717) is 17.8 Å². The molecule has 176 valence electrons. The first-order chi connectivity index (χ1) is 17.0. The van der Waals surface area contributed by atoms with Gasteiger partial charge in [-0.15, -0.1) is 0 Å². The second-order valence-corrected chi connectivity index (χ2v) is 8.98. The summed E-state index contributed by atoms with van der Waals surface area (Å²) < 4.78 is 0. The second-order valence-electron chi connectivity index (χ2n) is 8.98. The number of para-hydroxylation sites is 1. The van der Waals surface area contributed by atoms with Crippen molar-refractivity contribution in [2.24, 2.45) is 11.7 Å². The number of benzene rings is 2. The number of fused-ring (bicyclic) bond motifs is 1. The molecule has 0 saturated carbocycles. The Morgan fingerprint density at radius 3 is 2.60 bits per heavy atom. The fraction of sp³-hybridized carbons (Fsp3) is 0.214. The van der Waals surface area contributed by atoms with E-state index >= 15 is 0 Å². The Labute approximate surface area is 204 Å². The van der Waals surface area contributed by atoms with Gasteiger partial charge in [0.2, 0.25) is 5.91 Å². The van der Waals surface area contributed by atoms with Crippen LogP contribution in [0, 0.1) is 12.8 Å². The summed E-state index contributed by atoms with van der Waals surface area (Å²) in [6, 6.07) is 21.3. The number of rotatable bonds is 5. The van der Waals surface area contributed by atoms with Crippen LogP contribution in [0.25, 0.3) is 22.2 Å². The summed E-state index contributed by atoms with van der Waals surface area (Å²) >= 11 is 0. The highest BCUT2D eigenvalue weighted by molar-refractivity contribution is 6.13. The molecule has 1 fully saturated rings. The molecular weight excluding hydrogens is 438 g/mol. The Morgan fingerprint density at radius 2 is 1.86 bits per heavy atom. The fourth-order valence-corrected chi connectivity index (χ4v) is 4.50. The zero-order valence-electron chi connectivity index (χ0n) is 19.6. The smallest absolute Gasteiger partial charge is 0.256 e. The van der Waals surface area contributed by atoms with Gasteiger partial charge in [0.1, 0.15) is 5.82 Å². The molecule has 35 heavy (non-hydrogen) atoms. The first-order valence-corrected chi connectivity index (χ1v) is 11.8. The quantitative estimate of drug-likeness (QED) is 0.450. The van der Waals surface area contributed by atoms with Crippen LogP contribution in [-0.2, 0) is 4.79 Å². The molecule has 1 saturated heterocycles. The molecular formula is C28H27N5O2. The van der Waals surface area contributed by atoms with Gasteiger partial charge in [-0.1, -0.05) is 48.0 Å². The van der Waals surface area contributed by atoms with Crippen LogP contribution in [0.2, 0.25) is 0 Å². The molecule has 1 atom stereocenters. The minimum atomic E-state index is -0.270. The van der Waals surface area contributed by atoms with Gasteiger partial charge in [-0.2, -0.15) is 0 Å². The van der Waals surface area contributed by atoms with Crippen molar-refractivity contribution in [1.29, 1.82) is 0 Å². The van der Waals surface area contributed by atoms with Crippen molar-refractivity contribution in [2.45, 2.75) is 19.8 Å². The lowest BCUT2D eigenvalue weighted by Crippen LogP contribution is -2.41. The van der Waals surface area contributed by atoms with Crippen molar-refractivity contribution in [3.05, 3.63) is 84.1 Å². The number of piperidine rings is 1. The van der Waals surface area contributed by atoms with E-state index in [2.05, 4.69) is 15.2 Å². The number of amides is 2. The van der Waals surface area contributed by atoms with E-state index in [1.807, 2.05) is 73.7 Å². The average molecular weight is 466 g/mol. The summed E-state index contributed by atoms with van der Waals surface area (Å²) in [5, 5.41) is 3.76. The molecule has 3 N–H and O–H groups in total. The van der Waals surface area contributed by atoms with Crippen LogP contribution in [0.1, 0.15) is 28.8 Å². The van der Waals surface area contributed by atoms with Gasteiger partial charge in [0.25, 0.3) is 5.91 Å². The minimum absolute atomic E-state index is 0.160. The number of carbonyl (C=O) groups excluding carboxylic acids is 2. The molecule has 0 bridgehead atoms. The van der Waals surface area contributed by atoms with E-state index in [1.165, 1.54) is 0 Å². The van der Waals surface area contributed by atoms with E-state index in [9.17, 15) is 9.59 Å². The second kappa shape index (κ2) is 9.54. The minimum Gasteiger partial charge on any atom is -0.369 e. The molecule has 1 aliphatic rings. The molecule has 4 aromatic rings. The lowest BCUT2D eigenvalue weighted by atomic mass is 9.97. The molecule has 2 amide bonds. The first-order valence-electron chi connectivity index (χ1n) is 11.8. The molecule has 7 nitrogen and oxygen atoms in total. The third-order valence-corrected chi connectivity index (χ3v) is 6.46. The normalized spacial score (nSPS) is 15.7. The van der Waals surface area contributed by atoms with Crippen LogP contribution in [0.3, 0.4) is 0 Å². The van der Waals surface area contributed by atoms with Crippen LogP contribution in [0.4, 0.5) is 11.5 Å². The Morgan fingerprint density at radius 1 is 1.06 bits per heavy atom. The molecule has 1 aliphatic heterocycles. The molecule has 1 unspecified atom stereocenters. The van der Waals surface area contributed by atoms with Crippen LogP contribution in [0.5, 0.6) is 0 Å². The topological polar surface area (TPSA) is 101 Å². The number of nitrogens with one attached hydrogen (secondary N) is 1. The van der Waals surface area contributed by atoms with Gasteiger partial charge in [-0.05, 0) is 44.0 Å². The maximum absolute atomic E-state index is 13.3. The van der Waals surface area contributed by atoms with Crippen molar-refractivity contribution in [3.8, 4) is 11.3 Å². The number of anilines is 2. The van der Waals surface area contributed by atoms with Crippen LogP contribution in [-0.4, -0.2) is 34.9 Å². The van der Waals surface area contributed by atoms with Gasteiger partial charge in [0, 0.05) is 24.0 Å². The number of carbonyl (C=O) groups is 2. The lowest BCUT2D eigenvalue weighted by molar-refractivity contribution is -0.122. The van der Waals surface area contributed by atoms with Crippen LogP contribution < -0.4 is 16.0 Å². The summed E-state index contributed by atoms with van der Waals surface area (Å²) in [4.78, 5) is 36.3. The number of nitrogens with zero attached hydrogens (tertiary/aromatic N) is 3. The fourth-order valence-electron chi connectivity index (χ4n) is 4.50. The average Bonchev–Trinajstić information content (AvgIpc) is 2.89. The van der Waals surface area contributed by atoms with E-state index < -0.39 is 0 Å². The predicted octanol–water partition coefficient (Wildman–Crippen LogP) is 4.56. The molecule has 0 radical (unpaired) electrons. The van der Waals surface area contributed by atoms with Crippen molar-refractivity contribution >= 4 is 34.2 Å². The van der Waals surface area contributed by atoms with Crippen molar-refractivity contribution in [3.63, 3.8) is 0 Å². The summed E-state index contributed by atoms with van der Waals surface area (Å²) in [5.41, 5.74) is 10.3. The molecule has 5 rings (SSSR count). The molecule has 2 aromatic carbocycles. The lowest BCUT2D eigenvalue weighted by Gasteiger charge is -2.32. The zero-order chi connectivity index (χ0) is 24.4. The maximum atomic E-state index is 13.3. The monoisotopic (exact) mass is 465 g/mol. The molecule has 0 aliphatic carbocycles. The molecule has 3 heterocycles. The maximum Gasteiger partial charge on any atom is 0.256 e. The molecule has 2 aromatic heterocycles. The van der Waals surface area contributed by atoms with Gasteiger partial charge in [0.15, 0.2) is 0 Å². The molecule has 0 spiro atoms. The van der Waals surface area contributed by atoms with Crippen molar-refractivity contribution in [1.82, 2.24) is 9.97 Å². The summed E-state index contributed by atoms with van der Waals surface area (Å²) in [5.74, 6) is 0.115. The predicted molar refractivity (Wildman–Crippen MR) is 138 cm³/mol. The number of aromatic nitrogens is 2. The third-order valence-electron chi connectivity index (χ3n) is 6.46. The summed E-state index contributed by atoms with van der Waals surface area (Å²) in [6.45, 7) is 3.43. The van der Waals surface area contributed by atoms with Crippen molar-refractivity contribution in [2.75, 3.05) is 23.3 Å². The number of aryl methyl sites for hydroxylation is 1. The Bertz CT molecular complexity index is 1380. The van der Waals surface area contributed by atoms with Crippen LogP contribution >= 0.6 is 0 Å². The van der Waals surface area contributed by atoms with Gasteiger partial charge in [0.05, 0.1) is 34.6 Å². The highest BCUT2D eigenvalue weighted by atomic mass is 16.2. The summed E-state index contributed by atoms with van der Waals surface area (Å²) in [6.07, 6.45) is 3.35. The number of pyridine rings is 2. The van der Waals surface area contributed by atoms with E-state index in [1.54, 1.807) is 6.20 Å². The number of hydrogen-bond acceptors (Lipinski definition) is 5. The van der Waals surface area contributed by atoms with E-state index in [0.717, 1.165) is 52.9 Å². The Hall–Kier alpha value is -4.26.